The van der Waals surface area contributed by atoms with Crippen molar-refractivity contribution in [2.24, 2.45) is 5.92 Å². The number of hydrogen-bond acceptors (Lipinski definition) is 7. The average Bonchev–Trinajstić information content (AvgIpc) is 3.12. The van der Waals surface area contributed by atoms with Crippen molar-refractivity contribution in [3.05, 3.63) is 39.5 Å². The molecule has 3 N–H and O–H groups in total. The van der Waals surface area contributed by atoms with E-state index in [2.05, 4.69) is 32.7 Å². The summed E-state index contributed by atoms with van der Waals surface area (Å²) in [5.74, 6) is 1.64. The maximum atomic E-state index is 13.1. The number of carbonyl (C=O) groups is 1. The second-order valence-corrected chi connectivity index (χ2v) is 8.02. The molecular formula is C20H29N7O3. The van der Waals surface area contributed by atoms with Gasteiger partial charge in [-0.3, -0.25) is 20.0 Å². The summed E-state index contributed by atoms with van der Waals surface area (Å²) in [6.07, 6.45) is 3.98. The fraction of sp³-hybridized carbons (Fsp3) is 0.550. The monoisotopic (exact) mass is 415 g/mol. The number of nitro groups is 1. The summed E-state index contributed by atoms with van der Waals surface area (Å²) in [4.78, 5) is 30.3. The van der Waals surface area contributed by atoms with Crippen LogP contribution in [0, 0.1) is 23.0 Å². The molecular weight excluding hydrogens is 386 g/mol. The summed E-state index contributed by atoms with van der Waals surface area (Å²) in [6.45, 7) is 4.38. The first kappa shape index (κ1) is 21.5. The molecule has 0 unspecified atom stereocenters. The molecule has 10 heteroatoms. The number of rotatable bonds is 7. The predicted molar refractivity (Wildman–Crippen MR) is 115 cm³/mol. The van der Waals surface area contributed by atoms with Crippen LogP contribution < -0.4 is 15.5 Å². The van der Waals surface area contributed by atoms with Crippen molar-refractivity contribution in [3.8, 4) is 0 Å². The van der Waals surface area contributed by atoms with E-state index in [9.17, 15) is 14.9 Å². The van der Waals surface area contributed by atoms with Crippen molar-refractivity contribution in [2.75, 3.05) is 24.3 Å². The first-order chi connectivity index (χ1) is 14.3. The standard InChI is InChI=1S/C20H29N7O3/c1-12-5-7-14(8-6-12)23-20(28)15-9-18(27(29)30)16(21-3)10-17(15)26(4)11-19-22-13(2)24-25-19/h9-10,12,14,21H,5-8,11H2,1-4H3,(H,23,28)(H,22,24,25). The highest BCUT2D eigenvalue weighted by Gasteiger charge is 2.26. The summed E-state index contributed by atoms with van der Waals surface area (Å²) in [7, 11) is 3.43. The Kier molecular flexibility index (Phi) is 6.53. The Bertz CT molecular complexity index is 919. The summed E-state index contributed by atoms with van der Waals surface area (Å²) in [5.41, 5.74) is 1.06. The number of benzene rings is 1. The van der Waals surface area contributed by atoms with Crippen LogP contribution in [0.5, 0.6) is 0 Å². The molecule has 1 amide bonds. The van der Waals surface area contributed by atoms with Crippen LogP contribution in [0.4, 0.5) is 17.1 Å². The van der Waals surface area contributed by atoms with Gasteiger partial charge < -0.3 is 15.5 Å². The van der Waals surface area contributed by atoms with Gasteiger partial charge in [0.2, 0.25) is 0 Å². The SMILES string of the molecule is CNc1cc(N(C)Cc2n[nH]c(C)n2)c(C(=O)NC2CCC(C)CC2)cc1[N+](=O)[O-]. The minimum Gasteiger partial charge on any atom is -0.383 e. The van der Waals surface area contributed by atoms with Crippen LogP contribution in [0.15, 0.2) is 12.1 Å². The fourth-order valence-electron chi connectivity index (χ4n) is 3.85. The minimum absolute atomic E-state index is 0.0885. The van der Waals surface area contributed by atoms with Crippen LogP contribution in [-0.2, 0) is 6.54 Å². The fourth-order valence-corrected chi connectivity index (χ4v) is 3.85. The molecule has 0 aliphatic heterocycles. The molecule has 1 fully saturated rings. The lowest BCUT2D eigenvalue weighted by molar-refractivity contribution is -0.383. The van der Waals surface area contributed by atoms with Crippen molar-refractivity contribution < 1.29 is 9.72 Å². The number of nitrogens with one attached hydrogen (secondary N) is 3. The van der Waals surface area contributed by atoms with Gasteiger partial charge in [-0.1, -0.05) is 6.92 Å². The van der Waals surface area contributed by atoms with E-state index in [1.165, 1.54) is 6.07 Å². The molecule has 162 valence electrons. The molecule has 1 aliphatic rings. The minimum atomic E-state index is -0.479. The molecule has 1 saturated carbocycles. The predicted octanol–water partition coefficient (Wildman–Crippen LogP) is 3.01. The third-order valence-corrected chi connectivity index (χ3v) is 5.61. The van der Waals surface area contributed by atoms with Crippen molar-refractivity contribution in [3.63, 3.8) is 0 Å². The highest BCUT2D eigenvalue weighted by Crippen LogP contribution is 2.34. The van der Waals surface area contributed by atoms with Gasteiger partial charge in [0, 0.05) is 26.2 Å². The molecule has 0 bridgehead atoms. The molecule has 1 aromatic heterocycles. The van der Waals surface area contributed by atoms with Gasteiger partial charge in [0.1, 0.15) is 11.5 Å². The third kappa shape index (κ3) is 4.87. The van der Waals surface area contributed by atoms with Crippen LogP contribution in [0.2, 0.25) is 0 Å². The van der Waals surface area contributed by atoms with E-state index in [0.717, 1.165) is 25.7 Å². The van der Waals surface area contributed by atoms with Crippen molar-refractivity contribution >= 4 is 23.0 Å². The van der Waals surface area contributed by atoms with Crippen LogP contribution in [0.1, 0.15) is 54.6 Å². The van der Waals surface area contributed by atoms with Crippen LogP contribution in [0.3, 0.4) is 0 Å². The Morgan fingerprint density at radius 3 is 2.60 bits per heavy atom. The quantitative estimate of drug-likeness (QED) is 0.468. The Hall–Kier alpha value is -3.17. The number of anilines is 2. The summed E-state index contributed by atoms with van der Waals surface area (Å²) < 4.78 is 0. The van der Waals surface area contributed by atoms with E-state index in [1.807, 2.05) is 18.9 Å². The van der Waals surface area contributed by atoms with Gasteiger partial charge >= 0.3 is 0 Å². The third-order valence-electron chi connectivity index (χ3n) is 5.61. The van der Waals surface area contributed by atoms with E-state index < -0.39 is 4.92 Å². The molecule has 0 saturated heterocycles. The molecule has 10 nitrogen and oxygen atoms in total. The van der Waals surface area contributed by atoms with E-state index in [-0.39, 0.29) is 23.2 Å². The zero-order valence-electron chi connectivity index (χ0n) is 17.9. The average molecular weight is 415 g/mol. The van der Waals surface area contributed by atoms with Crippen LogP contribution in [-0.4, -0.2) is 46.1 Å². The first-order valence-corrected chi connectivity index (χ1v) is 10.2. The Morgan fingerprint density at radius 2 is 2.03 bits per heavy atom. The number of nitro benzene ring substituents is 1. The number of aryl methyl sites for hydroxylation is 1. The number of aromatic nitrogens is 3. The molecule has 0 radical (unpaired) electrons. The highest BCUT2D eigenvalue weighted by atomic mass is 16.6. The first-order valence-electron chi connectivity index (χ1n) is 10.2. The van der Waals surface area contributed by atoms with Gasteiger partial charge in [-0.25, -0.2) is 4.98 Å². The van der Waals surface area contributed by atoms with Gasteiger partial charge in [-0.15, -0.1) is 0 Å². The molecule has 1 aromatic carbocycles. The smallest absolute Gasteiger partial charge is 0.293 e. The second kappa shape index (κ2) is 9.10. The molecule has 3 rings (SSSR count). The summed E-state index contributed by atoms with van der Waals surface area (Å²) >= 11 is 0. The molecule has 0 spiro atoms. The Labute approximate surface area is 175 Å². The van der Waals surface area contributed by atoms with E-state index in [1.54, 1.807) is 13.1 Å². The van der Waals surface area contributed by atoms with Gasteiger partial charge in [-0.05, 0) is 44.6 Å². The van der Waals surface area contributed by atoms with Crippen LogP contribution >= 0.6 is 0 Å². The topological polar surface area (TPSA) is 129 Å². The summed E-state index contributed by atoms with van der Waals surface area (Å²) in [6, 6.07) is 3.07. The molecule has 30 heavy (non-hydrogen) atoms. The van der Waals surface area contributed by atoms with Gasteiger partial charge in [-0.2, -0.15) is 5.10 Å². The maximum Gasteiger partial charge on any atom is 0.293 e. The largest absolute Gasteiger partial charge is 0.383 e. The van der Waals surface area contributed by atoms with Crippen LogP contribution in [0.25, 0.3) is 0 Å². The zero-order valence-corrected chi connectivity index (χ0v) is 17.9. The molecule has 1 aliphatic carbocycles. The van der Waals surface area contributed by atoms with Gasteiger partial charge in [0.05, 0.1) is 22.7 Å². The van der Waals surface area contributed by atoms with E-state index >= 15 is 0 Å². The Morgan fingerprint density at radius 1 is 1.33 bits per heavy atom. The second-order valence-electron chi connectivity index (χ2n) is 8.02. The van der Waals surface area contributed by atoms with E-state index in [4.69, 9.17) is 0 Å². The lowest BCUT2D eigenvalue weighted by Crippen LogP contribution is -2.38. The molecule has 0 atom stereocenters. The normalized spacial score (nSPS) is 18.7. The highest BCUT2D eigenvalue weighted by molar-refractivity contribution is 6.02. The maximum absolute atomic E-state index is 13.1. The number of aromatic amines is 1. The zero-order chi connectivity index (χ0) is 21.8. The number of amides is 1. The Balaban J connectivity index is 1.92. The summed E-state index contributed by atoms with van der Waals surface area (Å²) in [5, 5.41) is 24.4. The number of carbonyl (C=O) groups excluding carboxylic acids is 1. The number of H-pyrrole nitrogens is 1. The van der Waals surface area contributed by atoms with Gasteiger partial charge in [0.15, 0.2) is 5.82 Å². The number of hydrogen-bond donors (Lipinski definition) is 3. The molecule has 1 heterocycles. The lowest BCUT2D eigenvalue weighted by Gasteiger charge is -2.28. The van der Waals surface area contributed by atoms with E-state index in [0.29, 0.717) is 35.5 Å². The lowest BCUT2D eigenvalue weighted by atomic mass is 9.87. The number of nitrogens with zero attached hydrogens (tertiary/aromatic N) is 4. The molecule has 2 aromatic rings. The van der Waals surface area contributed by atoms with Crippen molar-refractivity contribution in [1.82, 2.24) is 20.5 Å². The van der Waals surface area contributed by atoms with Crippen molar-refractivity contribution in [2.45, 2.75) is 52.1 Å². The van der Waals surface area contributed by atoms with Crippen molar-refractivity contribution in [1.29, 1.82) is 0 Å². The van der Waals surface area contributed by atoms with Gasteiger partial charge in [0.25, 0.3) is 11.6 Å².